The zero-order chi connectivity index (χ0) is 22.8. The van der Waals surface area contributed by atoms with E-state index in [9.17, 15) is 30.8 Å². The van der Waals surface area contributed by atoms with E-state index in [1.165, 1.54) is 49.5 Å². The molecule has 0 aliphatic heterocycles. The lowest BCUT2D eigenvalue weighted by Gasteiger charge is -2.22. The molecule has 1 heterocycles. The Balaban J connectivity index is 2.06. The first-order chi connectivity index (χ1) is 14.6. The smallest absolute Gasteiger partial charge is 0.246 e. The first-order valence-corrected chi connectivity index (χ1v) is 10.2. The molecular formula is C20H15F4N3O3S. The third-order valence-corrected chi connectivity index (χ3v) is 6.16. The van der Waals surface area contributed by atoms with Gasteiger partial charge in [-0.25, -0.2) is 26.0 Å². The van der Waals surface area contributed by atoms with Crippen LogP contribution < -0.4 is 0 Å². The Morgan fingerprint density at radius 1 is 0.968 bits per heavy atom. The van der Waals surface area contributed by atoms with E-state index in [2.05, 4.69) is 10.2 Å². The van der Waals surface area contributed by atoms with Gasteiger partial charge in [-0.3, -0.25) is 4.79 Å². The number of rotatable bonds is 7. The number of benzene rings is 2. The molecule has 0 unspecified atom stereocenters. The van der Waals surface area contributed by atoms with E-state index < -0.39 is 44.7 Å². The van der Waals surface area contributed by atoms with Gasteiger partial charge in [0.2, 0.25) is 10.0 Å². The fourth-order valence-electron chi connectivity index (χ4n) is 2.75. The maximum Gasteiger partial charge on any atom is 0.246 e. The number of ketones is 1. The van der Waals surface area contributed by atoms with Gasteiger partial charge in [0.25, 0.3) is 0 Å². The zero-order valence-electron chi connectivity index (χ0n) is 16.0. The van der Waals surface area contributed by atoms with Gasteiger partial charge in [0.1, 0.15) is 4.90 Å². The zero-order valence-corrected chi connectivity index (χ0v) is 16.8. The third-order valence-electron chi connectivity index (χ3n) is 4.37. The van der Waals surface area contributed by atoms with E-state index in [1.807, 2.05) is 0 Å². The minimum Gasteiger partial charge on any atom is -0.295 e. The van der Waals surface area contributed by atoms with Crippen molar-refractivity contribution < 1.29 is 30.8 Å². The van der Waals surface area contributed by atoms with Crippen LogP contribution in [0.2, 0.25) is 0 Å². The Kier molecular flexibility index (Phi) is 6.46. The molecule has 0 N–H and O–H groups in total. The summed E-state index contributed by atoms with van der Waals surface area (Å²) in [4.78, 5) is 10.1. The van der Waals surface area contributed by atoms with E-state index in [1.54, 1.807) is 0 Å². The highest BCUT2D eigenvalue weighted by molar-refractivity contribution is 7.89. The Labute approximate surface area is 175 Å². The lowest BCUT2D eigenvalue weighted by atomic mass is 10.1. The molecule has 0 spiro atoms. The molecule has 0 saturated heterocycles. The highest BCUT2D eigenvalue weighted by Gasteiger charge is 2.32. The molecule has 3 aromatic rings. The maximum atomic E-state index is 14.3. The Morgan fingerprint density at radius 3 is 2.23 bits per heavy atom. The van der Waals surface area contributed by atoms with Crippen LogP contribution in [0.1, 0.15) is 28.5 Å². The molecule has 0 aliphatic carbocycles. The number of sulfonamides is 1. The van der Waals surface area contributed by atoms with Crippen molar-refractivity contribution in [3.63, 3.8) is 0 Å². The number of halogens is 4. The second-order valence-electron chi connectivity index (χ2n) is 6.54. The molecule has 6 nitrogen and oxygen atoms in total. The molecule has 0 amide bonds. The highest BCUT2D eigenvalue weighted by Crippen LogP contribution is 2.27. The van der Waals surface area contributed by atoms with Crippen LogP contribution in [0.3, 0.4) is 0 Å². The van der Waals surface area contributed by atoms with Crippen molar-refractivity contribution in [2.24, 2.45) is 0 Å². The molecule has 0 aliphatic rings. The number of carbonyl (C=O) groups excluding carboxylic acids is 1. The molecule has 0 fully saturated rings. The van der Waals surface area contributed by atoms with Crippen LogP contribution in [-0.2, 0) is 23.1 Å². The largest absolute Gasteiger partial charge is 0.295 e. The third kappa shape index (κ3) is 4.78. The molecule has 0 bridgehead atoms. The van der Waals surface area contributed by atoms with Crippen LogP contribution in [0.25, 0.3) is 0 Å². The molecular weight excluding hydrogens is 438 g/mol. The number of nitrogens with zero attached hydrogens (tertiary/aromatic N) is 3. The summed E-state index contributed by atoms with van der Waals surface area (Å²) in [5.74, 6) is -8.42. The average molecular weight is 453 g/mol. The van der Waals surface area contributed by atoms with Crippen molar-refractivity contribution in [3.05, 3.63) is 88.8 Å². The van der Waals surface area contributed by atoms with Gasteiger partial charge in [0.05, 0.1) is 12.2 Å². The van der Waals surface area contributed by atoms with Gasteiger partial charge < -0.3 is 0 Å². The summed E-state index contributed by atoms with van der Waals surface area (Å²) in [7, 11) is -4.84. The van der Waals surface area contributed by atoms with Crippen LogP contribution in [0.5, 0.6) is 0 Å². The van der Waals surface area contributed by atoms with Crippen molar-refractivity contribution in [1.29, 1.82) is 0 Å². The van der Waals surface area contributed by atoms with Gasteiger partial charge in [0.15, 0.2) is 29.1 Å². The number of hydrogen-bond acceptors (Lipinski definition) is 5. The molecule has 0 saturated carbocycles. The molecule has 11 heteroatoms. The van der Waals surface area contributed by atoms with E-state index in [0.29, 0.717) is 11.1 Å². The molecule has 0 radical (unpaired) electrons. The molecule has 1 aromatic heterocycles. The minimum atomic E-state index is -4.84. The van der Waals surface area contributed by atoms with Gasteiger partial charge in [-0.05, 0) is 24.6 Å². The molecule has 3 rings (SSSR count). The van der Waals surface area contributed by atoms with Crippen LogP contribution >= 0.6 is 0 Å². The van der Waals surface area contributed by atoms with Crippen molar-refractivity contribution >= 4 is 15.8 Å². The normalized spacial score (nSPS) is 11.7. The summed E-state index contributed by atoms with van der Waals surface area (Å²) in [5.41, 5.74) is 0.969. The number of Topliss-reactive ketones (excluding diaryl/α,β-unsaturated/α-hetero) is 1. The number of carbonyl (C=O) groups is 1. The Morgan fingerprint density at radius 2 is 1.65 bits per heavy atom. The predicted octanol–water partition coefficient (Wildman–Crippen LogP) is 3.63. The van der Waals surface area contributed by atoms with Gasteiger partial charge >= 0.3 is 0 Å². The predicted molar refractivity (Wildman–Crippen MR) is 101 cm³/mol. The minimum absolute atomic E-state index is 0.0889. The van der Waals surface area contributed by atoms with E-state index in [4.69, 9.17) is 0 Å². The van der Waals surface area contributed by atoms with Crippen LogP contribution in [0.15, 0.2) is 53.6 Å². The second kappa shape index (κ2) is 8.90. The maximum absolute atomic E-state index is 14.3. The van der Waals surface area contributed by atoms with Gasteiger partial charge in [0, 0.05) is 24.4 Å². The van der Waals surface area contributed by atoms with Crippen molar-refractivity contribution in [3.8, 4) is 0 Å². The van der Waals surface area contributed by atoms with Gasteiger partial charge in [-0.1, -0.05) is 24.3 Å². The molecule has 162 valence electrons. The van der Waals surface area contributed by atoms with E-state index >= 15 is 0 Å². The molecule has 2 aromatic carbocycles. The summed E-state index contributed by atoms with van der Waals surface area (Å²) < 4.78 is 81.8. The van der Waals surface area contributed by atoms with Crippen LogP contribution in [0, 0.1) is 23.3 Å². The first-order valence-electron chi connectivity index (χ1n) is 8.81. The van der Waals surface area contributed by atoms with Crippen molar-refractivity contribution in [2.75, 3.05) is 0 Å². The van der Waals surface area contributed by atoms with Crippen LogP contribution in [0.4, 0.5) is 17.6 Å². The second-order valence-corrected chi connectivity index (χ2v) is 8.45. The summed E-state index contributed by atoms with van der Waals surface area (Å²) in [6.07, 6.45) is 1.35. The highest BCUT2D eigenvalue weighted by atomic mass is 32.2. The Bertz CT molecular complexity index is 1220. The fraction of sp³-hybridized carbons (Fsp3) is 0.150. The number of aromatic nitrogens is 2. The quantitative estimate of drug-likeness (QED) is 0.236. The topological polar surface area (TPSA) is 80.2 Å². The summed E-state index contributed by atoms with van der Waals surface area (Å²) in [6.45, 7) is 0.599. The van der Waals surface area contributed by atoms with Crippen LogP contribution in [-0.4, -0.2) is 28.7 Å². The van der Waals surface area contributed by atoms with Crippen molar-refractivity contribution in [2.45, 2.75) is 24.9 Å². The standard InChI is InChI=1S/C20H15F4N3O3S/c1-12(28)14-6-4-13(5-7-14)10-27(11-15-3-2-8-25-26-15)31(29,30)17-9-16(21)18(22)20(24)19(17)23/h2-9H,10-11H2,1H3. The molecule has 0 atom stereocenters. The molecule has 31 heavy (non-hydrogen) atoms. The fourth-order valence-corrected chi connectivity index (χ4v) is 4.22. The SMILES string of the molecule is CC(=O)c1ccc(CN(Cc2cccnn2)S(=O)(=O)c2cc(F)c(F)c(F)c2F)cc1. The monoisotopic (exact) mass is 453 g/mol. The summed E-state index contributed by atoms with van der Waals surface area (Å²) in [5, 5.41) is 7.41. The summed E-state index contributed by atoms with van der Waals surface area (Å²) >= 11 is 0. The Hall–Kier alpha value is -3.18. The lowest BCUT2D eigenvalue weighted by molar-refractivity contribution is 0.101. The number of hydrogen-bond donors (Lipinski definition) is 0. The first kappa shape index (κ1) is 22.5. The van der Waals surface area contributed by atoms with Gasteiger partial charge in [-0.15, -0.1) is 0 Å². The average Bonchev–Trinajstić information content (AvgIpc) is 2.75. The van der Waals surface area contributed by atoms with E-state index in [0.717, 1.165) is 4.31 Å². The summed E-state index contributed by atoms with van der Waals surface area (Å²) in [6, 6.07) is 8.95. The lowest BCUT2D eigenvalue weighted by Crippen LogP contribution is -2.32. The van der Waals surface area contributed by atoms with Crippen molar-refractivity contribution in [1.82, 2.24) is 14.5 Å². The van der Waals surface area contributed by atoms with E-state index in [-0.39, 0.29) is 24.1 Å². The van der Waals surface area contributed by atoms with Gasteiger partial charge in [-0.2, -0.15) is 14.5 Å².